The molecule has 5 nitrogen and oxygen atoms in total. The Morgan fingerprint density at radius 1 is 0.471 bits per heavy atom. The molecule has 0 unspecified atom stereocenters. The second kappa shape index (κ2) is 15.9. The van der Waals surface area contributed by atoms with Crippen molar-refractivity contribution in [3.8, 4) is 0 Å². The summed E-state index contributed by atoms with van der Waals surface area (Å²) in [5.41, 5.74) is 20.8. The van der Waals surface area contributed by atoms with Gasteiger partial charge in [0, 0.05) is 45.0 Å². The number of fused-ring (bicyclic) bond motifs is 7. The molecule has 68 heavy (non-hydrogen) atoms. The van der Waals surface area contributed by atoms with E-state index < -0.39 is 0 Å². The first-order valence-corrected chi connectivity index (χ1v) is 24.2. The second-order valence-electron chi connectivity index (χ2n) is 23.3. The number of benzene rings is 4. The van der Waals surface area contributed by atoms with Crippen LogP contribution >= 0.6 is 0 Å². The first-order valence-electron chi connectivity index (χ1n) is 24.2. The molecule has 0 radical (unpaired) electrons. The van der Waals surface area contributed by atoms with E-state index in [-0.39, 0.29) is 21.7 Å². The van der Waals surface area contributed by atoms with Gasteiger partial charge in [-0.2, -0.15) is 0 Å². The summed E-state index contributed by atoms with van der Waals surface area (Å²) in [5, 5.41) is 14.3. The van der Waals surface area contributed by atoms with Crippen LogP contribution in [0.15, 0.2) is 171 Å². The predicted molar refractivity (Wildman–Crippen MR) is 286 cm³/mol. The fourth-order valence-electron chi connectivity index (χ4n) is 10.1. The zero-order chi connectivity index (χ0) is 48.2. The number of H-pyrrole nitrogens is 1. The molecule has 4 aromatic carbocycles. The highest BCUT2D eigenvalue weighted by molar-refractivity contribution is 6.37. The largest absolute Gasteiger partial charge is 0.511 e. The molecule has 342 valence electrons. The molecule has 10 rings (SSSR count). The maximum Gasteiger partial charge on any atom is 0.106 e. The Morgan fingerprint density at radius 3 is 1.41 bits per heavy atom. The summed E-state index contributed by atoms with van der Waals surface area (Å²) in [5.74, 6) is 0.303. The number of hydrogen-bond acceptors (Lipinski definition) is 4. The Hall–Kier alpha value is -6.85. The average molecular weight is 893 g/mol. The lowest BCUT2D eigenvalue weighted by Gasteiger charge is -2.23. The number of aromatic nitrogens is 1. The van der Waals surface area contributed by atoms with Crippen molar-refractivity contribution < 1.29 is 5.11 Å². The van der Waals surface area contributed by atoms with E-state index in [9.17, 15) is 5.11 Å². The van der Waals surface area contributed by atoms with Crippen molar-refractivity contribution in [3.05, 3.63) is 222 Å². The Labute approximate surface area is 403 Å². The minimum atomic E-state index is -0.0805. The third-order valence-corrected chi connectivity index (χ3v) is 14.1. The number of aryl methyl sites for hydroxylation is 1. The van der Waals surface area contributed by atoms with Gasteiger partial charge in [-0.05, 0) is 127 Å². The van der Waals surface area contributed by atoms with Crippen LogP contribution in [-0.2, 0) is 28.1 Å². The van der Waals surface area contributed by atoms with Crippen molar-refractivity contribution >= 4 is 39.4 Å². The van der Waals surface area contributed by atoms with Gasteiger partial charge in [0.05, 0.1) is 34.2 Å². The Kier molecular flexibility index (Phi) is 10.5. The lowest BCUT2D eigenvalue weighted by Crippen LogP contribution is -2.22. The highest BCUT2D eigenvalue weighted by Crippen LogP contribution is 2.43. The summed E-state index contributed by atoms with van der Waals surface area (Å²) in [6, 6.07) is 35.7. The third-order valence-electron chi connectivity index (χ3n) is 14.1. The van der Waals surface area contributed by atoms with Gasteiger partial charge in [-0.3, -0.25) is 0 Å². The molecule has 5 heteroatoms. The standard InChI is InChI=1S/C63H64N4O/c1-36-32-44(63(11,12)13)33-40-34-53(68)45-35-52-57(39-18-24-43(25-19-39)62(8,9)10)50-29-28-48(65-50)55(37-14-20-41(21-15-37)60(2,3)4)46-26-27-47(64-46)56(38-16-22-42(23-17-38)61(5,6)7)49-30-31-51(66-49)58(54(36)40)59(45)67-52/h14-33,35,66,68H,34H2,1-13H3. The molecule has 4 aliphatic heterocycles. The monoisotopic (exact) mass is 893 g/mol. The summed E-state index contributed by atoms with van der Waals surface area (Å²) in [6.07, 6.45) is 11.0. The van der Waals surface area contributed by atoms with Crippen molar-refractivity contribution in [3.63, 3.8) is 0 Å². The number of allylic oxidation sites excluding steroid dienone is 9. The van der Waals surface area contributed by atoms with E-state index in [1.54, 1.807) is 0 Å². The van der Waals surface area contributed by atoms with Crippen LogP contribution < -0.4 is 10.7 Å². The molecular weight excluding hydrogens is 829 g/mol. The molecule has 5 aromatic rings. The number of nitrogens with zero attached hydrogens (tertiary/aromatic N) is 3. The van der Waals surface area contributed by atoms with Crippen molar-refractivity contribution in [2.75, 3.05) is 0 Å². The summed E-state index contributed by atoms with van der Waals surface area (Å²) >= 11 is 0. The number of hydrogen-bond donors (Lipinski definition) is 2. The van der Waals surface area contributed by atoms with Crippen LogP contribution in [0.2, 0.25) is 0 Å². The highest BCUT2D eigenvalue weighted by atomic mass is 16.3. The summed E-state index contributed by atoms with van der Waals surface area (Å²) < 4.78 is 0. The quantitative estimate of drug-likeness (QED) is 0.186. The summed E-state index contributed by atoms with van der Waals surface area (Å²) in [6.45, 7) is 29.2. The molecule has 5 aliphatic rings. The number of aromatic amines is 1. The molecule has 5 heterocycles. The minimum absolute atomic E-state index is 0.000112. The molecule has 0 spiro atoms. The molecule has 1 aliphatic carbocycles. The number of aliphatic imine (C=N–C) groups is 3. The van der Waals surface area contributed by atoms with Gasteiger partial charge < -0.3 is 10.1 Å². The van der Waals surface area contributed by atoms with Crippen molar-refractivity contribution in [2.45, 2.75) is 118 Å². The Balaban J connectivity index is 1.33. The normalized spacial score (nSPS) is 17.2. The van der Waals surface area contributed by atoms with E-state index in [0.717, 1.165) is 106 Å². The van der Waals surface area contributed by atoms with E-state index in [4.69, 9.17) is 15.0 Å². The first-order chi connectivity index (χ1) is 32.0. The second-order valence-corrected chi connectivity index (χ2v) is 23.3. The van der Waals surface area contributed by atoms with Gasteiger partial charge in [-0.15, -0.1) is 0 Å². The molecule has 0 amide bonds. The van der Waals surface area contributed by atoms with Crippen LogP contribution in [-0.4, -0.2) is 27.2 Å². The van der Waals surface area contributed by atoms with E-state index in [0.29, 0.717) is 12.2 Å². The third kappa shape index (κ3) is 8.00. The fraction of sp³-hybridized carbons (Fsp3) is 0.286. The number of nitrogens with one attached hydrogen (secondary N) is 1. The fourth-order valence-corrected chi connectivity index (χ4v) is 10.1. The molecule has 1 aromatic heterocycles. The minimum Gasteiger partial charge on any atom is -0.511 e. The molecule has 2 N–H and O–H groups in total. The SMILES string of the molecule is Cc1cc(C(C)(C)C)cc2c1C1=c3ccc([nH]3)=C(c3ccc(C(C)(C)C)cc3)C3=NC(=C(c4ccc(C(C)(C)C)cc4)C4=NC(=C(c5ccc(C(C)(C)C)cc5)C5=CC(=C(O)C2)C1=N5)C=C4)C=C3. The van der Waals surface area contributed by atoms with Gasteiger partial charge in [0.15, 0.2) is 0 Å². The molecule has 0 saturated carbocycles. The van der Waals surface area contributed by atoms with E-state index >= 15 is 0 Å². The van der Waals surface area contributed by atoms with Crippen molar-refractivity contribution in [2.24, 2.45) is 15.0 Å². The van der Waals surface area contributed by atoms with Crippen LogP contribution in [0.25, 0.3) is 22.3 Å². The van der Waals surface area contributed by atoms with Crippen LogP contribution in [0.1, 0.15) is 139 Å². The van der Waals surface area contributed by atoms with Crippen molar-refractivity contribution in [1.82, 2.24) is 4.98 Å². The molecule has 0 saturated heterocycles. The van der Waals surface area contributed by atoms with E-state index in [1.807, 2.05) is 0 Å². The van der Waals surface area contributed by atoms with Gasteiger partial charge in [-0.25, -0.2) is 15.0 Å². The highest BCUT2D eigenvalue weighted by Gasteiger charge is 2.34. The van der Waals surface area contributed by atoms with Gasteiger partial charge in [0.2, 0.25) is 0 Å². The van der Waals surface area contributed by atoms with Crippen LogP contribution in [0.4, 0.5) is 0 Å². The average Bonchev–Trinajstić information content (AvgIpc) is 4.10. The van der Waals surface area contributed by atoms with Crippen LogP contribution in [0.3, 0.4) is 0 Å². The zero-order valence-corrected chi connectivity index (χ0v) is 42.1. The van der Waals surface area contributed by atoms with E-state index in [1.165, 1.54) is 22.3 Å². The Morgan fingerprint density at radius 2 is 0.912 bits per heavy atom. The summed E-state index contributed by atoms with van der Waals surface area (Å²) in [7, 11) is 0. The van der Waals surface area contributed by atoms with Gasteiger partial charge in [-0.1, -0.05) is 168 Å². The van der Waals surface area contributed by atoms with Crippen LogP contribution in [0.5, 0.6) is 0 Å². The lowest BCUT2D eigenvalue weighted by molar-refractivity contribution is 0.396. The smallest absolute Gasteiger partial charge is 0.106 e. The molecule has 0 fully saturated rings. The maximum atomic E-state index is 12.4. The van der Waals surface area contributed by atoms with Gasteiger partial charge >= 0.3 is 0 Å². The van der Waals surface area contributed by atoms with Crippen molar-refractivity contribution in [1.29, 1.82) is 0 Å². The molecule has 8 bridgehead atoms. The van der Waals surface area contributed by atoms with Crippen LogP contribution in [0, 0.1) is 6.92 Å². The zero-order valence-electron chi connectivity index (χ0n) is 42.1. The summed E-state index contributed by atoms with van der Waals surface area (Å²) in [4.78, 5) is 20.7. The number of aliphatic hydroxyl groups is 1. The number of aliphatic hydroxyl groups excluding tert-OH is 1. The van der Waals surface area contributed by atoms with Gasteiger partial charge in [0.1, 0.15) is 5.76 Å². The Bertz CT molecular complexity index is 3390. The maximum absolute atomic E-state index is 12.4. The molecular formula is C63H64N4O. The van der Waals surface area contributed by atoms with Gasteiger partial charge in [0.25, 0.3) is 0 Å². The number of rotatable bonds is 3. The predicted octanol–water partition coefficient (Wildman–Crippen LogP) is 13.5. The van der Waals surface area contributed by atoms with E-state index in [2.05, 4.69) is 222 Å². The molecule has 0 atom stereocenters. The first kappa shape index (κ1) is 45.0. The lowest BCUT2D eigenvalue weighted by atomic mass is 9.81. The topological polar surface area (TPSA) is 73.1 Å².